The molecule has 0 saturated heterocycles. The number of benzene rings is 4. The second-order valence-electron chi connectivity index (χ2n) is 10.6. The van der Waals surface area contributed by atoms with Crippen LogP contribution in [0.25, 0.3) is 43.1 Å². The van der Waals surface area contributed by atoms with Crippen molar-refractivity contribution < 1.29 is 0 Å². The van der Waals surface area contributed by atoms with Crippen LogP contribution in [0.1, 0.15) is 0 Å². The van der Waals surface area contributed by atoms with Gasteiger partial charge in [-0.3, -0.25) is 0 Å². The van der Waals surface area contributed by atoms with Gasteiger partial charge in [-0.2, -0.15) is 0 Å². The number of aromatic nitrogens is 4. The van der Waals surface area contributed by atoms with Crippen LogP contribution in [0.3, 0.4) is 0 Å². The zero-order chi connectivity index (χ0) is 26.7. The van der Waals surface area contributed by atoms with E-state index in [-0.39, 0.29) is 0 Å². The fourth-order valence-electron chi connectivity index (χ4n) is 6.52. The van der Waals surface area contributed by atoms with Gasteiger partial charge in [-0.25, -0.2) is 0 Å². The van der Waals surface area contributed by atoms with E-state index in [4.69, 9.17) is 0 Å². The summed E-state index contributed by atoms with van der Waals surface area (Å²) < 4.78 is 5.09. The molecule has 2 radical (unpaired) electrons. The van der Waals surface area contributed by atoms with Crippen LogP contribution < -0.4 is 21.3 Å². The Bertz CT molecular complexity index is 2050. The number of anilines is 8. The van der Waals surface area contributed by atoms with E-state index >= 15 is 0 Å². The maximum atomic E-state index is 3.87. The summed E-state index contributed by atoms with van der Waals surface area (Å²) in [5.41, 5.74) is 0. The third kappa shape index (κ3) is 2.92. The summed E-state index contributed by atoms with van der Waals surface area (Å²) in [6, 6.07) is 34.5. The second-order valence-corrected chi connectivity index (χ2v) is 14.9. The number of aromatic amines is 2. The van der Waals surface area contributed by atoms with Gasteiger partial charge in [0.2, 0.25) is 0 Å². The molecular weight excluding hydrogens is 704 g/mol. The van der Waals surface area contributed by atoms with Gasteiger partial charge in [0.1, 0.15) is 0 Å². The number of nitrogens with one attached hydrogen (secondary N) is 6. The minimum absolute atomic E-state index is 0.991. The first-order chi connectivity index (χ1) is 20.3. The molecular formula is C32H22N8Pb. The molecule has 0 aliphatic carbocycles. The Balaban J connectivity index is 1.40. The predicted molar refractivity (Wildman–Crippen MR) is 170 cm³/mol. The van der Waals surface area contributed by atoms with Crippen LogP contribution in [0.2, 0.25) is 0 Å². The fraction of sp³-hybridized carbons (Fsp3) is 0. The molecule has 0 saturated carbocycles. The molecule has 0 unspecified atom stereocenters. The molecule has 6 bridgehead atoms. The van der Waals surface area contributed by atoms with E-state index in [1.807, 2.05) is 0 Å². The molecule has 0 spiro atoms. The summed E-state index contributed by atoms with van der Waals surface area (Å²) in [6.07, 6.45) is 0. The van der Waals surface area contributed by atoms with Crippen molar-refractivity contribution in [3.05, 3.63) is 97.1 Å². The Labute approximate surface area is 246 Å². The number of nitrogens with zero attached hydrogens (tertiary/aromatic N) is 2. The van der Waals surface area contributed by atoms with Crippen LogP contribution >= 0.6 is 0 Å². The van der Waals surface area contributed by atoms with Gasteiger partial charge in [-0.05, 0) is 0 Å². The molecule has 0 atom stereocenters. The molecule has 0 fully saturated rings. The van der Waals surface area contributed by atoms with Gasteiger partial charge in [0.25, 0.3) is 0 Å². The van der Waals surface area contributed by atoms with E-state index in [1.165, 1.54) is 21.5 Å². The minimum atomic E-state index is -1.90. The van der Waals surface area contributed by atoms with Crippen LogP contribution in [-0.4, -0.2) is 39.6 Å². The first-order valence-corrected chi connectivity index (χ1v) is 17.1. The third-order valence-electron chi connectivity index (χ3n) is 8.37. The summed E-state index contributed by atoms with van der Waals surface area (Å²) in [5.74, 6) is 8.40. The molecule has 0 amide bonds. The number of hydrogen-bond donors (Lipinski definition) is 6. The Morgan fingerprint density at radius 1 is 0.341 bits per heavy atom. The fourth-order valence-corrected chi connectivity index (χ4v) is 11.6. The van der Waals surface area contributed by atoms with E-state index in [0.717, 1.165) is 68.1 Å². The van der Waals surface area contributed by atoms with Crippen molar-refractivity contribution in [3.63, 3.8) is 0 Å². The van der Waals surface area contributed by atoms with Gasteiger partial charge in [0, 0.05) is 0 Å². The topological polar surface area (TPSA) is 89.6 Å². The van der Waals surface area contributed by atoms with Crippen LogP contribution in [-0.2, 0) is 0 Å². The van der Waals surface area contributed by atoms with Crippen molar-refractivity contribution in [3.8, 4) is 0 Å². The standard InChI is InChI=1S/C32H22N8.Pb/c1-2-10-18-17(9-1)25-33-26(18)38-28-21-13-5-6-14-22(21)30(35-28)40-32-24-16-8-7-15-23(24)31(36-32)39-29-20-12-4-3-11-19(20)27(34-29)37-25;/h1-16,33,36-40H;/q-2;+2. The van der Waals surface area contributed by atoms with Gasteiger partial charge >= 0.3 is 248 Å². The zero-order valence-corrected chi connectivity index (χ0v) is 25.5. The first-order valence-electron chi connectivity index (χ1n) is 13.7. The van der Waals surface area contributed by atoms with Gasteiger partial charge in [0.15, 0.2) is 0 Å². The normalized spacial score (nSPS) is 13.6. The number of fused-ring (bicyclic) bond motifs is 16. The van der Waals surface area contributed by atoms with Crippen molar-refractivity contribution in [2.24, 2.45) is 0 Å². The molecule has 10 rings (SSSR count). The van der Waals surface area contributed by atoms with Gasteiger partial charge in [0.05, 0.1) is 0 Å². The van der Waals surface area contributed by atoms with Crippen molar-refractivity contribution in [2.75, 3.05) is 21.3 Å². The van der Waals surface area contributed by atoms with E-state index in [0.29, 0.717) is 0 Å². The SMILES string of the molecule is c1ccc2c3[nH]c(c2c1)Nc1c2ccccc2c2[n]1[Pb][n]1c(c4ccccc4c1Nc1[nH]c(c4ccccc14)N2)N3. The average molecular weight is 726 g/mol. The van der Waals surface area contributed by atoms with Gasteiger partial charge < -0.3 is 0 Å². The molecule has 6 heterocycles. The molecule has 4 aromatic heterocycles. The molecule has 194 valence electrons. The average Bonchev–Trinajstić information content (AvgIpc) is 3.72. The van der Waals surface area contributed by atoms with E-state index < -0.39 is 24.8 Å². The van der Waals surface area contributed by atoms with Crippen molar-refractivity contribution in [1.82, 2.24) is 14.7 Å². The molecule has 41 heavy (non-hydrogen) atoms. The monoisotopic (exact) mass is 726 g/mol. The van der Waals surface area contributed by atoms with Crippen molar-refractivity contribution >= 4 is 114 Å². The summed E-state index contributed by atoms with van der Waals surface area (Å²) in [4.78, 5) is 7.41. The molecule has 8 aromatic rings. The summed E-state index contributed by atoms with van der Waals surface area (Å²) in [7, 11) is 0. The van der Waals surface area contributed by atoms with Crippen LogP contribution in [0.15, 0.2) is 97.1 Å². The number of H-pyrrole nitrogens is 2. The Hall–Kier alpha value is -4.84. The summed E-state index contributed by atoms with van der Waals surface area (Å²) in [6.45, 7) is 0. The second kappa shape index (κ2) is 7.88. The van der Waals surface area contributed by atoms with Crippen LogP contribution in [0, 0.1) is 0 Å². The molecule has 6 N–H and O–H groups in total. The summed E-state index contributed by atoms with van der Waals surface area (Å²) in [5, 5.41) is 24.9. The predicted octanol–water partition coefficient (Wildman–Crippen LogP) is 8.09. The molecule has 2 aliphatic rings. The van der Waals surface area contributed by atoms with E-state index in [2.05, 4.69) is 133 Å². The van der Waals surface area contributed by atoms with Crippen molar-refractivity contribution in [2.45, 2.75) is 0 Å². The molecule has 4 aromatic carbocycles. The maximum absolute atomic E-state index is 3.87. The Kier molecular flexibility index (Phi) is 4.21. The van der Waals surface area contributed by atoms with E-state index in [1.54, 1.807) is 0 Å². The quantitative estimate of drug-likeness (QED) is 0.0893. The van der Waals surface area contributed by atoms with Crippen molar-refractivity contribution in [1.29, 1.82) is 0 Å². The number of hydrogen-bond acceptors (Lipinski definition) is 4. The van der Waals surface area contributed by atoms with E-state index in [9.17, 15) is 0 Å². The number of rotatable bonds is 0. The van der Waals surface area contributed by atoms with Gasteiger partial charge in [-0.15, -0.1) is 0 Å². The molecule has 2 aliphatic heterocycles. The molecule has 8 nitrogen and oxygen atoms in total. The van der Waals surface area contributed by atoms with Crippen LogP contribution in [0.4, 0.5) is 46.5 Å². The molecule has 9 heteroatoms. The van der Waals surface area contributed by atoms with Gasteiger partial charge in [-0.1, -0.05) is 0 Å². The Morgan fingerprint density at radius 2 is 0.585 bits per heavy atom. The van der Waals surface area contributed by atoms with Crippen LogP contribution in [0.5, 0.6) is 0 Å². The Morgan fingerprint density at radius 3 is 0.854 bits per heavy atom. The summed E-state index contributed by atoms with van der Waals surface area (Å²) >= 11 is -1.90. The first kappa shape index (κ1) is 21.9. The zero-order valence-electron chi connectivity index (χ0n) is 21.6. The third-order valence-corrected chi connectivity index (χ3v) is 13.4.